The van der Waals surface area contributed by atoms with E-state index in [0.29, 0.717) is 67.7 Å². The van der Waals surface area contributed by atoms with Crippen molar-refractivity contribution in [1.82, 2.24) is 25.2 Å². The number of aromatic nitrogens is 3. The highest BCUT2D eigenvalue weighted by Crippen LogP contribution is 2.28. The molecule has 2 heterocycles. The van der Waals surface area contributed by atoms with Gasteiger partial charge < -0.3 is 20.9 Å². The first kappa shape index (κ1) is 32.3. The van der Waals surface area contributed by atoms with Crippen LogP contribution in [0.2, 0.25) is 0 Å². The maximum absolute atomic E-state index is 13.1. The molecule has 1 unspecified atom stereocenters. The number of fused-ring (bicyclic) bond motifs is 1. The Kier molecular flexibility index (Phi) is 11.5. The van der Waals surface area contributed by atoms with Gasteiger partial charge in [0.25, 0.3) is 0 Å². The van der Waals surface area contributed by atoms with E-state index in [4.69, 9.17) is 5.73 Å². The molecular formula is C28H46N6O4S. The molecule has 0 aliphatic carbocycles. The van der Waals surface area contributed by atoms with Gasteiger partial charge in [0.15, 0.2) is 0 Å². The number of Topliss-reactive ketones (excluding diaryl/α,β-unsaturated/α-hetero) is 1. The molecule has 0 spiro atoms. The zero-order valence-electron chi connectivity index (χ0n) is 24.3. The molecule has 0 aromatic carbocycles. The molecule has 0 radical (unpaired) electrons. The summed E-state index contributed by atoms with van der Waals surface area (Å²) >= 11 is 0. The summed E-state index contributed by atoms with van der Waals surface area (Å²) < 4.78 is 14.4. The van der Waals surface area contributed by atoms with Crippen molar-refractivity contribution in [3.8, 4) is 0 Å². The average molecular weight is 563 g/mol. The van der Waals surface area contributed by atoms with Crippen LogP contribution in [0.5, 0.6) is 0 Å². The third-order valence-electron chi connectivity index (χ3n) is 6.85. The van der Waals surface area contributed by atoms with E-state index in [1.165, 1.54) is 6.33 Å². The minimum atomic E-state index is -2.48. The fourth-order valence-corrected chi connectivity index (χ4v) is 5.62. The second-order valence-corrected chi connectivity index (χ2v) is 14.2. The minimum absolute atomic E-state index is 0.0285. The van der Waals surface area contributed by atoms with Crippen LogP contribution in [0.25, 0.3) is 11.0 Å². The molecule has 218 valence electrons. The van der Waals surface area contributed by atoms with Gasteiger partial charge in [-0.25, -0.2) is 14.8 Å². The number of nitrogens with two attached hydrogens (primary N) is 1. The lowest BCUT2D eigenvalue weighted by molar-refractivity contribution is -0.131. The molecule has 2 aromatic rings. The summed E-state index contributed by atoms with van der Waals surface area (Å²) in [6.45, 7) is 10.9. The van der Waals surface area contributed by atoms with Crippen molar-refractivity contribution in [1.29, 1.82) is 0 Å². The number of urea groups is 1. The normalized spacial score (nSPS) is 15.1. The number of ketones is 1. The third kappa shape index (κ3) is 9.94. The summed E-state index contributed by atoms with van der Waals surface area (Å²) in [6, 6.07) is 1.23. The number of hydrogen-bond donors (Lipinski definition) is 3. The fourth-order valence-electron chi connectivity index (χ4n) is 4.73. The van der Waals surface area contributed by atoms with E-state index in [1.54, 1.807) is 6.26 Å². The Morgan fingerprint density at radius 2 is 1.82 bits per heavy atom. The van der Waals surface area contributed by atoms with Crippen LogP contribution in [0.3, 0.4) is 0 Å². The van der Waals surface area contributed by atoms with Gasteiger partial charge in [-0.3, -0.25) is 13.8 Å². The molecule has 2 rings (SSSR count). The van der Waals surface area contributed by atoms with Crippen LogP contribution in [0, 0.1) is 17.3 Å². The van der Waals surface area contributed by atoms with Crippen LogP contribution in [0.15, 0.2) is 23.6 Å². The molecule has 0 aliphatic heterocycles. The predicted molar refractivity (Wildman–Crippen MR) is 157 cm³/mol. The Balaban J connectivity index is 1.95. The Morgan fingerprint density at radius 3 is 2.41 bits per heavy atom. The number of carbonyl (C=O) groups is 3. The highest BCUT2D eigenvalue weighted by atomic mass is 32.2. The zero-order valence-corrected chi connectivity index (χ0v) is 25.1. The number of amides is 3. The monoisotopic (exact) mass is 562 g/mol. The lowest BCUT2D eigenvalue weighted by Gasteiger charge is -2.28. The second kappa shape index (κ2) is 13.9. The third-order valence-corrected chi connectivity index (χ3v) is 7.99. The van der Waals surface area contributed by atoms with E-state index >= 15 is 0 Å². The van der Waals surface area contributed by atoms with Gasteiger partial charge in [-0.1, -0.05) is 34.6 Å². The molecule has 11 heteroatoms. The second-order valence-electron chi connectivity index (χ2n) is 11.8. The molecule has 2 aromatic heterocycles. The predicted octanol–water partition coefficient (Wildman–Crippen LogP) is 3.52. The number of rotatable bonds is 15. The molecule has 0 aliphatic rings. The van der Waals surface area contributed by atoms with Crippen molar-refractivity contribution in [2.24, 2.45) is 23.0 Å². The molecule has 3 amide bonds. The average Bonchev–Trinajstić information content (AvgIpc) is 3.23. The van der Waals surface area contributed by atoms with E-state index in [2.05, 4.69) is 40.3 Å². The van der Waals surface area contributed by atoms with Crippen LogP contribution >= 0.6 is 0 Å². The minimum Gasteiger partial charge on any atom is -0.353 e. The maximum atomic E-state index is 13.1. The van der Waals surface area contributed by atoms with E-state index < -0.39 is 21.0 Å². The van der Waals surface area contributed by atoms with Crippen molar-refractivity contribution in [3.63, 3.8) is 0 Å². The van der Waals surface area contributed by atoms with E-state index in [9.17, 15) is 18.6 Å². The number of primary amides is 1. The quantitative estimate of drug-likeness (QED) is 0.172. The number of nitrogens with one attached hydrogen (secondary N) is 2. The van der Waals surface area contributed by atoms with Gasteiger partial charge in [0.2, 0.25) is 5.91 Å². The van der Waals surface area contributed by atoms with Gasteiger partial charge in [-0.2, -0.15) is 0 Å². The van der Waals surface area contributed by atoms with Crippen LogP contribution in [-0.4, -0.2) is 61.2 Å². The van der Waals surface area contributed by atoms with Crippen molar-refractivity contribution >= 4 is 44.1 Å². The van der Waals surface area contributed by atoms with Crippen molar-refractivity contribution in [2.75, 3.05) is 12.8 Å². The summed E-state index contributed by atoms with van der Waals surface area (Å²) in [5, 5.41) is 6.91. The van der Waals surface area contributed by atoms with Gasteiger partial charge in [-0.05, 0) is 50.0 Å². The number of nitrogens with zero attached hydrogens (tertiary/aromatic N) is 3. The summed E-state index contributed by atoms with van der Waals surface area (Å²) in [6.07, 6.45) is 8.48. The topological polar surface area (TPSA) is 149 Å². The standard InChI is InChI=1S/C28H46N6O4S/c1-19(2)22(13-12-20(24(36)28(3,4)5)10-8-15-30-27(29)37)33-23(35)11-9-16-34-17-14-21-25(34)31-18-32-26(21)39(6,7)38/h14,17-20,22H,6,8-13,15-16H2,1-5,7H3,(H,33,35)(H3,29,30,37)/t20-,22-,39?/m1/s1. The van der Waals surface area contributed by atoms with Crippen molar-refractivity contribution in [2.45, 2.75) is 90.8 Å². The van der Waals surface area contributed by atoms with E-state index in [-0.39, 0.29) is 29.6 Å². The zero-order chi connectivity index (χ0) is 29.4. The fraction of sp³-hybridized carbons (Fsp3) is 0.643. The maximum Gasteiger partial charge on any atom is 0.312 e. The summed E-state index contributed by atoms with van der Waals surface area (Å²) in [5.41, 5.74) is 5.36. The van der Waals surface area contributed by atoms with Gasteiger partial charge in [0, 0.05) is 58.9 Å². The number of carbonyl (C=O) groups excluding carboxylic acids is 3. The molecule has 0 bridgehead atoms. The van der Waals surface area contributed by atoms with Crippen LogP contribution in [-0.2, 0) is 25.7 Å². The van der Waals surface area contributed by atoms with Crippen molar-refractivity contribution < 1.29 is 18.6 Å². The SMILES string of the molecule is C=S(C)(=O)c1ncnc2c1ccn2CCCC(=O)N[C@H](CC[C@@H](CCCNC(N)=O)C(=O)C(C)(C)C)C(C)C. The Morgan fingerprint density at radius 1 is 1.13 bits per heavy atom. The smallest absolute Gasteiger partial charge is 0.312 e. The van der Waals surface area contributed by atoms with Gasteiger partial charge in [0.05, 0.1) is 5.39 Å². The number of hydrogen-bond acceptors (Lipinski definition) is 6. The Labute approximate surface area is 232 Å². The molecule has 3 atom stereocenters. The number of aryl methyl sites for hydroxylation is 1. The van der Waals surface area contributed by atoms with Crippen LogP contribution in [0.4, 0.5) is 4.79 Å². The van der Waals surface area contributed by atoms with Gasteiger partial charge >= 0.3 is 6.03 Å². The lowest BCUT2D eigenvalue weighted by atomic mass is 9.78. The Bertz CT molecular complexity index is 1250. The van der Waals surface area contributed by atoms with Crippen LogP contribution < -0.4 is 16.4 Å². The molecule has 39 heavy (non-hydrogen) atoms. The van der Waals surface area contributed by atoms with Crippen LogP contribution in [0.1, 0.15) is 73.1 Å². The Hall–Kier alpha value is -2.95. The first-order valence-electron chi connectivity index (χ1n) is 13.6. The molecular weight excluding hydrogens is 516 g/mol. The largest absolute Gasteiger partial charge is 0.353 e. The lowest BCUT2D eigenvalue weighted by Crippen LogP contribution is -2.39. The summed E-state index contributed by atoms with van der Waals surface area (Å²) in [5.74, 6) is 3.96. The molecule has 4 N–H and O–H groups in total. The molecule has 0 fully saturated rings. The highest BCUT2D eigenvalue weighted by molar-refractivity contribution is 7.99. The first-order valence-corrected chi connectivity index (χ1v) is 15.7. The van der Waals surface area contributed by atoms with E-state index in [1.807, 2.05) is 37.6 Å². The van der Waals surface area contributed by atoms with Crippen molar-refractivity contribution in [3.05, 3.63) is 18.6 Å². The molecule has 0 saturated carbocycles. The summed E-state index contributed by atoms with van der Waals surface area (Å²) in [7, 11) is -2.48. The first-order chi connectivity index (χ1) is 18.1. The van der Waals surface area contributed by atoms with Gasteiger partial charge in [-0.15, -0.1) is 0 Å². The summed E-state index contributed by atoms with van der Waals surface area (Å²) in [4.78, 5) is 45.4. The van der Waals surface area contributed by atoms with Gasteiger partial charge in [0.1, 0.15) is 22.8 Å². The highest BCUT2D eigenvalue weighted by Gasteiger charge is 2.30. The molecule has 10 nitrogen and oxygen atoms in total. The van der Waals surface area contributed by atoms with E-state index in [0.717, 1.165) is 0 Å². The molecule has 0 saturated heterocycles.